The van der Waals surface area contributed by atoms with Crippen LogP contribution in [-0.2, 0) is 9.16 Å². The number of ether oxygens (including phenoxy) is 1. The molecule has 0 N–H and O–H groups in total. The second-order valence-corrected chi connectivity index (χ2v) is 10.9. The monoisotopic (exact) mass is 300 g/mol. The smallest absolute Gasteiger partial charge is 0.261 e. The quantitative estimate of drug-likeness (QED) is 0.227. The Labute approximate surface area is 128 Å². The van der Waals surface area contributed by atoms with Crippen LogP contribution in [0.1, 0.15) is 71.6 Å². The van der Waals surface area contributed by atoms with Gasteiger partial charge in [-0.15, -0.1) is 0 Å². The molecule has 0 rings (SSSR count). The third kappa shape index (κ3) is 14.0. The van der Waals surface area contributed by atoms with Crippen LogP contribution in [0.15, 0.2) is 12.0 Å². The van der Waals surface area contributed by atoms with Crippen LogP contribution >= 0.6 is 0 Å². The molecule has 0 spiro atoms. The zero-order valence-electron chi connectivity index (χ0n) is 14.5. The summed E-state index contributed by atoms with van der Waals surface area (Å²) < 4.78 is 11.5. The highest BCUT2D eigenvalue weighted by Crippen LogP contribution is 2.14. The number of hydrogen-bond acceptors (Lipinski definition) is 2. The molecule has 0 saturated heterocycles. The SMILES string of the molecule is CCCCCCCCCCC=C(OCC)O[Si](C)(C)C. The van der Waals surface area contributed by atoms with Crippen molar-refractivity contribution in [3.63, 3.8) is 0 Å². The highest BCUT2D eigenvalue weighted by Gasteiger charge is 2.18. The van der Waals surface area contributed by atoms with Gasteiger partial charge in [0.2, 0.25) is 8.32 Å². The van der Waals surface area contributed by atoms with Gasteiger partial charge in [-0.05, 0) is 45.5 Å². The van der Waals surface area contributed by atoms with Crippen molar-refractivity contribution in [3.8, 4) is 0 Å². The topological polar surface area (TPSA) is 18.5 Å². The van der Waals surface area contributed by atoms with Crippen LogP contribution < -0.4 is 0 Å². The summed E-state index contributed by atoms with van der Waals surface area (Å²) in [5.74, 6) is 0.759. The minimum atomic E-state index is -1.54. The van der Waals surface area contributed by atoms with Crippen molar-refractivity contribution in [2.45, 2.75) is 91.3 Å². The average molecular weight is 301 g/mol. The van der Waals surface area contributed by atoms with E-state index >= 15 is 0 Å². The fourth-order valence-electron chi connectivity index (χ4n) is 2.07. The van der Waals surface area contributed by atoms with Crippen molar-refractivity contribution in [1.82, 2.24) is 0 Å². The summed E-state index contributed by atoms with van der Waals surface area (Å²) in [5, 5.41) is 0. The molecule has 2 nitrogen and oxygen atoms in total. The molecule has 0 aromatic heterocycles. The van der Waals surface area contributed by atoms with Crippen LogP contribution in [0.2, 0.25) is 19.6 Å². The largest absolute Gasteiger partial charge is 0.520 e. The first-order chi connectivity index (χ1) is 9.49. The minimum Gasteiger partial charge on any atom is -0.520 e. The molecule has 0 aromatic rings. The van der Waals surface area contributed by atoms with Gasteiger partial charge >= 0.3 is 0 Å². The minimum absolute atomic E-state index is 0.688. The molecular formula is C17H36O2Si. The third-order valence-electron chi connectivity index (χ3n) is 3.06. The molecule has 0 bridgehead atoms. The molecule has 3 heteroatoms. The first-order valence-corrected chi connectivity index (χ1v) is 11.9. The van der Waals surface area contributed by atoms with Crippen LogP contribution in [0.4, 0.5) is 0 Å². The predicted molar refractivity (Wildman–Crippen MR) is 91.4 cm³/mol. The maximum Gasteiger partial charge on any atom is 0.261 e. The first kappa shape index (κ1) is 19.6. The van der Waals surface area contributed by atoms with E-state index in [0.29, 0.717) is 6.61 Å². The van der Waals surface area contributed by atoms with Gasteiger partial charge in [0.15, 0.2) is 0 Å². The Morgan fingerprint density at radius 3 is 1.90 bits per heavy atom. The summed E-state index contributed by atoms with van der Waals surface area (Å²) in [5.41, 5.74) is 0. The maximum absolute atomic E-state index is 5.93. The first-order valence-electron chi connectivity index (χ1n) is 8.51. The summed E-state index contributed by atoms with van der Waals surface area (Å²) in [6, 6.07) is 0. The summed E-state index contributed by atoms with van der Waals surface area (Å²) in [6.07, 6.45) is 14.1. The third-order valence-corrected chi connectivity index (χ3v) is 3.88. The summed E-state index contributed by atoms with van der Waals surface area (Å²) >= 11 is 0. The highest BCUT2D eigenvalue weighted by molar-refractivity contribution is 6.69. The molecule has 120 valence electrons. The Hall–Kier alpha value is -0.443. The zero-order valence-corrected chi connectivity index (χ0v) is 15.5. The van der Waals surface area contributed by atoms with E-state index in [1.165, 1.54) is 51.4 Å². The van der Waals surface area contributed by atoms with Gasteiger partial charge in [-0.25, -0.2) is 0 Å². The fourth-order valence-corrected chi connectivity index (χ4v) is 2.82. The molecule has 0 heterocycles. The van der Waals surface area contributed by atoms with E-state index in [1.807, 2.05) is 6.92 Å². The van der Waals surface area contributed by atoms with Gasteiger partial charge in [0, 0.05) is 0 Å². The molecule has 0 radical (unpaired) electrons. The van der Waals surface area contributed by atoms with Gasteiger partial charge in [-0.2, -0.15) is 0 Å². The van der Waals surface area contributed by atoms with Crippen molar-refractivity contribution in [2.75, 3.05) is 6.61 Å². The van der Waals surface area contributed by atoms with Crippen LogP contribution in [0.3, 0.4) is 0 Å². The molecule has 0 aromatic carbocycles. The van der Waals surface area contributed by atoms with E-state index in [1.54, 1.807) is 0 Å². The zero-order chi connectivity index (χ0) is 15.3. The van der Waals surface area contributed by atoms with Crippen molar-refractivity contribution in [2.24, 2.45) is 0 Å². The van der Waals surface area contributed by atoms with E-state index in [9.17, 15) is 0 Å². The maximum atomic E-state index is 5.93. The van der Waals surface area contributed by atoms with E-state index in [4.69, 9.17) is 9.16 Å². The number of allylic oxidation sites excluding steroid dienone is 1. The Morgan fingerprint density at radius 2 is 1.40 bits per heavy atom. The van der Waals surface area contributed by atoms with Crippen molar-refractivity contribution >= 4 is 8.32 Å². The van der Waals surface area contributed by atoms with Crippen LogP contribution in [0.25, 0.3) is 0 Å². The van der Waals surface area contributed by atoms with Gasteiger partial charge in [-0.1, -0.05) is 51.9 Å². The number of hydrogen-bond donors (Lipinski definition) is 0. The fraction of sp³-hybridized carbons (Fsp3) is 0.882. The predicted octanol–water partition coefficient (Wildman–Crippen LogP) is 6.25. The summed E-state index contributed by atoms with van der Waals surface area (Å²) in [4.78, 5) is 0. The lowest BCUT2D eigenvalue weighted by Crippen LogP contribution is -2.25. The van der Waals surface area contributed by atoms with E-state index in [-0.39, 0.29) is 0 Å². The second-order valence-electron chi connectivity index (χ2n) is 6.43. The molecular weight excluding hydrogens is 264 g/mol. The lowest BCUT2D eigenvalue weighted by Gasteiger charge is -2.21. The molecule has 0 atom stereocenters. The van der Waals surface area contributed by atoms with Crippen molar-refractivity contribution in [1.29, 1.82) is 0 Å². The number of rotatable bonds is 13. The van der Waals surface area contributed by atoms with Gasteiger partial charge in [0.1, 0.15) is 0 Å². The Morgan fingerprint density at radius 1 is 0.850 bits per heavy atom. The lowest BCUT2D eigenvalue weighted by molar-refractivity contribution is 0.111. The van der Waals surface area contributed by atoms with E-state index < -0.39 is 8.32 Å². The van der Waals surface area contributed by atoms with Crippen LogP contribution in [0.5, 0.6) is 0 Å². The van der Waals surface area contributed by atoms with Gasteiger partial charge in [0.05, 0.1) is 6.61 Å². The van der Waals surface area contributed by atoms with Crippen LogP contribution in [0, 0.1) is 0 Å². The molecule has 0 aliphatic rings. The normalized spacial score (nSPS) is 12.6. The van der Waals surface area contributed by atoms with E-state index in [2.05, 4.69) is 32.6 Å². The Bertz CT molecular complexity index is 244. The summed E-state index contributed by atoms with van der Waals surface area (Å²) in [6.45, 7) is 11.5. The lowest BCUT2D eigenvalue weighted by atomic mass is 10.1. The summed E-state index contributed by atoms with van der Waals surface area (Å²) in [7, 11) is -1.54. The average Bonchev–Trinajstić information content (AvgIpc) is 2.35. The van der Waals surface area contributed by atoms with Crippen molar-refractivity contribution < 1.29 is 9.16 Å². The van der Waals surface area contributed by atoms with Crippen LogP contribution in [-0.4, -0.2) is 14.9 Å². The van der Waals surface area contributed by atoms with Crippen molar-refractivity contribution in [3.05, 3.63) is 12.0 Å². The molecule has 0 aliphatic carbocycles. The highest BCUT2D eigenvalue weighted by atomic mass is 28.4. The van der Waals surface area contributed by atoms with Gasteiger partial charge in [0.25, 0.3) is 5.95 Å². The molecule has 20 heavy (non-hydrogen) atoms. The molecule has 0 amide bonds. The number of unbranched alkanes of at least 4 members (excludes halogenated alkanes) is 8. The van der Waals surface area contributed by atoms with Gasteiger partial charge in [-0.3, -0.25) is 0 Å². The molecule has 0 aliphatic heterocycles. The molecule has 0 saturated carbocycles. The second kappa shape index (κ2) is 12.3. The Balaban J connectivity index is 3.67. The standard InChI is InChI=1S/C17H36O2Si/c1-6-8-9-10-11-12-13-14-15-16-17(18-7-2)19-20(3,4)5/h16H,6-15H2,1-5H3. The van der Waals surface area contributed by atoms with E-state index in [0.717, 1.165) is 12.4 Å². The van der Waals surface area contributed by atoms with Gasteiger partial charge < -0.3 is 9.16 Å². The molecule has 0 fully saturated rings. The molecule has 0 unspecified atom stereocenters. The Kier molecular flexibility index (Phi) is 12.0.